The fourth-order valence-corrected chi connectivity index (χ4v) is 4.17. The van der Waals surface area contributed by atoms with Gasteiger partial charge in [0.25, 0.3) is 0 Å². The number of phenols is 1. The van der Waals surface area contributed by atoms with Gasteiger partial charge in [-0.05, 0) is 42.3 Å². The molecule has 1 aliphatic rings. The van der Waals surface area contributed by atoms with Crippen LogP contribution in [0.5, 0.6) is 11.5 Å². The molecule has 9 heteroatoms. The lowest BCUT2D eigenvalue weighted by molar-refractivity contribution is -0.148. The molecule has 1 aliphatic heterocycles. The van der Waals surface area contributed by atoms with Gasteiger partial charge in [0.1, 0.15) is 6.04 Å². The highest BCUT2D eigenvalue weighted by atomic mass is 35.5. The third kappa shape index (κ3) is 5.99. The van der Waals surface area contributed by atoms with Gasteiger partial charge in [-0.3, -0.25) is 9.69 Å². The maximum Gasteiger partial charge on any atom is 0.327 e. The molecule has 1 heterocycles. The Hall–Kier alpha value is -2.74. The van der Waals surface area contributed by atoms with Crippen LogP contribution in [0.15, 0.2) is 42.5 Å². The summed E-state index contributed by atoms with van der Waals surface area (Å²) >= 11 is 12.4. The Morgan fingerprint density at radius 1 is 1.12 bits per heavy atom. The van der Waals surface area contributed by atoms with E-state index in [4.69, 9.17) is 32.7 Å². The molecule has 7 nitrogen and oxygen atoms in total. The van der Waals surface area contributed by atoms with Crippen molar-refractivity contribution in [1.29, 1.82) is 0 Å². The summed E-state index contributed by atoms with van der Waals surface area (Å²) in [6.45, 7) is 4.05. The van der Waals surface area contributed by atoms with Crippen LogP contribution in [0.3, 0.4) is 0 Å². The van der Waals surface area contributed by atoms with E-state index in [1.165, 1.54) is 13.2 Å². The Bertz CT molecular complexity index is 1040. The second-order valence-electron chi connectivity index (χ2n) is 7.42. The van der Waals surface area contributed by atoms with Crippen molar-refractivity contribution >= 4 is 41.2 Å². The fourth-order valence-electron chi connectivity index (χ4n) is 3.71. The lowest BCUT2D eigenvalue weighted by Crippen LogP contribution is -2.50. The van der Waals surface area contributed by atoms with Crippen molar-refractivity contribution in [3.63, 3.8) is 0 Å². The standard InChI is InChI=1S/C24H26Cl2N2O5/c1-3-33-20-15-16(14-19(26)23(20)30)8-9-21(29)27-10-12-28(13-11-27)22(24(31)32-2)17-6-4-5-7-18(17)25/h4-9,14-15,22,30H,3,10-13H2,1-2H3/b9-8+. The first-order valence-corrected chi connectivity index (χ1v) is 11.3. The van der Waals surface area contributed by atoms with Gasteiger partial charge in [0.15, 0.2) is 11.5 Å². The second kappa shape index (κ2) is 11.4. The quantitative estimate of drug-likeness (QED) is 0.461. The van der Waals surface area contributed by atoms with Gasteiger partial charge >= 0.3 is 5.97 Å². The molecule has 33 heavy (non-hydrogen) atoms. The van der Waals surface area contributed by atoms with E-state index in [1.807, 2.05) is 23.1 Å². The highest BCUT2D eigenvalue weighted by Crippen LogP contribution is 2.35. The number of hydrogen-bond acceptors (Lipinski definition) is 6. The van der Waals surface area contributed by atoms with Crippen molar-refractivity contribution in [3.8, 4) is 11.5 Å². The highest BCUT2D eigenvalue weighted by molar-refractivity contribution is 6.32. The van der Waals surface area contributed by atoms with Crippen molar-refractivity contribution in [2.45, 2.75) is 13.0 Å². The van der Waals surface area contributed by atoms with Crippen LogP contribution >= 0.6 is 23.2 Å². The summed E-state index contributed by atoms with van der Waals surface area (Å²) in [5.74, 6) is -0.419. The normalized spacial score (nSPS) is 15.5. The summed E-state index contributed by atoms with van der Waals surface area (Å²) < 4.78 is 10.4. The molecule has 176 valence electrons. The first-order chi connectivity index (χ1) is 15.8. The second-order valence-corrected chi connectivity index (χ2v) is 8.24. The van der Waals surface area contributed by atoms with Gasteiger partial charge in [0.05, 0.1) is 18.7 Å². The number of phenolic OH excluding ortho intramolecular Hbond substituents is 1. The summed E-state index contributed by atoms with van der Waals surface area (Å²) in [6.07, 6.45) is 3.09. The molecule has 3 rings (SSSR count). The van der Waals surface area contributed by atoms with Crippen LogP contribution in [-0.4, -0.2) is 66.7 Å². The molecule has 0 bridgehead atoms. The van der Waals surface area contributed by atoms with Gasteiger partial charge in [-0.2, -0.15) is 0 Å². The number of piperazine rings is 1. The minimum absolute atomic E-state index is 0.128. The van der Waals surface area contributed by atoms with Crippen LogP contribution in [0.25, 0.3) is 6.08 Å². The Morgan fingerprint density at radius 3 is 2.45 bits per heavy atom. The van der Waals surface area contributed by atoms with E-state index in [0.717, 1.165) is 0 Å². The molecular formula is C24H26Cl2N2O5. The molecule has 2 aromatic rings. The summed E-state index contributed by atoms with van der Waals surface area (Å²) in [5, 5.41) is 10.6. The number of esters is 1. The minimum Gasteiger partial charge on any atom is -0.503 e. The molecule has 0 radical (unpaired) electrons. The first kappa shape index (κ1) is 24.9. The number of benzene rings is 2. The summed E-state index contributed by atoms with van der Waals surface area (Å²) in [5.41, 5.74) is 1.32. The van der Waals surface area contributed by atoms with Gasteiger partial charge in [-0.1, -0.05) is 41.4 Å². The van der Waals surface area contributed by atoms with E-state index >= 15 is 0 Å². The summed E-state index contributed by atoms with van der Waals surface area (Å²) in [7, 11) is 1.35. The first-order valence-electron chi connectivity index (χ1n) is 10.5. The van der Waals surface area contributed by atoms with Crippen molar-refractivity contribution in [2.75, 3.05) is 39.9 Å². The molecule has 1 atom stereocenters. The van der Waals surface area contributed by atoms with Crippen LogP contribution in [-0.2, 0) is 14.3 Å². The number of ether oxygens (including phenoxy) is 2. The van der Waals surface area contributed by atoms with Crippen molar-refractivity contribution in [3.05, 3.63) is 63.6 Å². The predicted molar refractivity (Wildman–Crippen MR) is 128 cm³/mol. The molecule has 0 saturated carbocycles. The Kier molecular flexibility index (Phi) is 8.61. The van der Waals surface area contributed by atoms with Gasteiger partial charge in [0, 0.05) is 37.3 Å². The smallest absolute Gasteiger partial charge is 0.327 e. The molecule has 0 aromatic heterocycles. The molecular weight excluding hydrogens is 467 g/mol. The van der Waals surface area contributed by atoms with Gasteiger partial charge in [0.2, 0.25) is 5.91 Å². The van der Waals surface area contributed by atoms with Gasteiger partial charge < -0.3 is 19.5 Å². The molecule has 2 aromatic carbocycles. The van der Waals surface area contributed by atoms with E-state index in [9.17, 15) is 14.7 Å². The zero-order valence-electron chi connectivity index (χ0n) is 18.5. The number of amides is 1. The number of rotatable bonds is 7. The number of carbonyl (C=O) groups is 2. The van der Waals surface area contributed by atoms with E-state index < -0.39 is 12.0 Å². The van der Waals surface area contributed by atoms with Crippen molar-refractivity contribution in [2.24, 2.45) is 0 Å². The Morgan fingerprint density at radius 2 is 1.82 bits per heavy atom. The van der Waals surface area contributed by atoms with Crippen LogP contribution in [0, 0.1) is 0 Å². The lowest BCUT2D eigenvalue weighted by atomic mass is 10.0. The Labute approximate surface area is 203 Å². The van der Waals surface area contributed by atoms with Gasteiger partial charge in [-0.15, -0.1) is 0 Å². The summed E-state index contributed by atoms with van der Waals surface area (Å²) in [4.78, 5) is 28.9. The monoisotopic (exact) mass is 492 g/mol. The molecule has 1 unspecified atom stereocenters. The number of methoxy groups -OCH3 is 1. The number of halogens is 2. The van der Waals surface area contributed by atoms with Crippen LogP contribution in [0.4, 0.5) is 0 Å². The third-order valence-corrected chi connectivity index (χ3v) is 6.02. The molecule has 1 N–H and O–H groups in total. The van der Waals surface area contributed by atoms with Crippen LogP contribution in [0.2, 0.25) is 10.0 Å². The molecule has 0 aliphatic carbocycles. The molecule has 1 saturated heterocycles. The fraction of sp³-hybridized carbons (Fsp3) is 0.333. The zero-order chi connectivity index (χ0) is 24.0. The number of carbonyl (C=O) groups excluding carboxylic acids is 2. The highest BCUT2D eigenvalue weighted by Gasteiger charge is 2.33. The molecule has 1 fully saturated rings. The van der Waals surface area contributed by atoms with E-state index in [1.54, 1.807) is 36.1 Å². The molecule has 1 amide bonds. The summed E-state index contributed by atoms with van der Waals surface area (Å²) in [6, 6.07) is 9.74. The maximum absolute atomic E-state index is 12.7. The van der Waals surface area contributed by atoms with Gasteiger partial charge in [-0.25, -0.2) is 4.79 Å². The minimum atomic E-state index is -0.632. The maximum atomic E-state index is 12.7. The number of nitrogens with zero attached hydrogens (tertiary/aromatic N) is 2. The van der Waals surface area contributed by atoms with Crippen LogP contribution in [0.1, 0.15) is 24.1 Å². The average Bonchev–Trinajstić information content (AvgIpc) is 2.82. The van der Waals surface area contributed by atoms with Crippen LogP contribution < -0.4 is 4.74 Å². The Balaban J connectivity index is 1.67. The predicted octanol–water partition coefficient (Wildman–Crippen LogP) is 4.17. The van der Waals surface area contributed by atoms with E-state index in [0.29, 0.717) is 48.9 Å². The lowest BCUT2D eigenvalue weighted by Gasteiger charge is -2.38. The largest absolute Gasteiger partial charge is 0.503 e. The van der Waals surface area contributed by atoms with Crippen molar-refractivity contribution in [1.82, 2.24) is 9.80 Å². The van der Waals surface area contributed by atoms with E-state index in [2.05, 4.69) is 0 Å². The van der Waals surface area contributed by atoms with Crippen molar-refractivity contribution < 1.29 is 24.2 Å². The topological polar surface area (TPSA) is 79.3 Å². The molecule has 0 spiro atoms. The SMILES string of the molecule is CCOc1cc(/C=C/C(=O)N2CCN(C(C(=O)OC)c3ccccc3Cl)CC2)cc(Cl)c1O. The number of aromatic hydroxyl groups is 1. The van der Waals surface area contributed by atoms with E-state index in [-0.39, 0.29) is 22.4 Å². The third-order valence-electron chi connectivity index (χ3n) is 5.38. The average molecular weight is 493 g/mol. The number of hydrogen-bond donors (Lipinski definition) is 1. The zero-order valence-corrected chi connectivity index (χ0v) is 20.0.